The molecule has 1 aromatic carbocycles. The lowest BCUT2D eigenvalue weighted by Gasteiger charge is -2.29. The molecule has 1 fully saturated rings. The van der Waals surface area contributed by atoms with Gasteiger partial charge in [0, 0.05) is 13.1 Å². The number of nitrogens with zero attached hydrogens (tertiary/aromatic N) is 1. The van der Waals surface area contributed by atoms with E-state index in [4.69, 9.17) is 5.11 Å². The Bertz CT molecular complexity index is 397. The minimum atomic E-state index is -0.549. The fourth-order valence-electron chi connectivity index (χ4n) is 2.52. The molecule has 18 heavy (non-hydrogen) atoms. The molecule has 4 heteroatoms. The number of phenolic OH excluding ortho intramolecular Hbond substituents is 1. The van der Waals surface area contributed by atoms with Crippen LogP contribution in [0.25, 0.3) is 0 Å². The number of hydrogen-bond donors (Lipinski definition) is 2. The molecule has 1 atom stereocenters. The van der Waals surface area contributed by atoms with Crippen molar-refractivity contribution >= 4 is 0 Å². The van der Waals surface area contributed by atoms with Gasteiger partial charge in [-0.2, -0.15) is 0 Å². The van der Waals surface area contributed by atoms with E-state index >= 15 is 0 Å². The maximum atomic E-state index is 13.1. The zero-order valence-corrected chi connectivity index (χ0v) is 10.8. The van der Waals surface area contributed by atoms with E-state index in [1.807, 2.05) is 0 Å². The number of halogens is 1. The summed E-state index contributed by atoms with van der Waals surface area (Å²) < 4.78 is 13.1. The first-order chi connectivity index (χ1) is 8.65. The second kappa shape index (κ2) is 6.16. The van der Waals surface area contributed by atoms with Gasteiger partial charge in [-0.05, 0) is 56.6 Å². The van der Waals surface area contributed by atoms with Crippen molar-refractivity contribution in [3.05, 3.63) is 29.6 Å². The van der Waals surface area contributed by atoms with Gasteiger partial charge in [0.15, 0.2) is 11.6 Å². The molecule has 1 heterocycles. The highest BCUT2D eigenvalue weighted by Crippen LogP contribution is 2.17. The van der Waals surface area contributed by atoms with Gasteiger partial charge in [-0.25, -0.2) is 4.39 Å². The molecule has 0 aliphatic carbocycles. The topological polar surface area (TPSA) is 35.5 Å². The van der Waals surface area contributed by atoms with Crippen molar-refractivity contribution in [3.63, 3.8) is 0 Å². The van der Waals surface area contributed by atoms with E-state index in [9.17, 15) is 4.39 Å². The Kier molecular flexibility index (Phi) is 4.55. The van der Waals surface area contributed by atoms with E-state index in [1.165, 1.54) is 31.5 Å². The van der Waals surface area contributed by atoms with Crippen molar-refractivity contribution in [3.8, 4) is 5.75 Å². The summed E-state index contributed by atoms with van der Waals surface area (Å²) >= 11 is 0. The number of rotatable bonds is 4. The second-order valence-electron chi connectivity index (χ2n) is 5.19. The lowest BCUT2D eigenvalue weighted by atomic mass is 9.98. The van der Waals surface area contributed by atoms with Crippen LogP contribution in [0, 0.1) is 11.7 Å². The molecule has 1 aromatic rings. The molecule has 1 saturated heterocycles. The average molecular weight is 252 g/mol. The van der Waals surface area contributed by atoms with Crippen LogP contribution < -0.4 is 5.32 Å². The normalized spacial score (nSPS) is 21.1. The summed E-state index contributed by atoms with van der Waals surface area (Å²) in [6, 6.07) is 4.54. The summed E-state index contributed by atoms with van der Waals surface area (Å²) in [7, 11) is 2.15. The van der Waals surface area contributed by atoms with Crippen molar-refractivity contribution < 1.29 is 9.50 Å². The number of piperidine rings is 1. The van der Waals surface area contributed by atoms with Gasteiger partial charge in [-0.15, -0.1) is 0 Å². The smallest absolute Gasteiger partial charge is 0.165 e. The molecule has 100 valence electrons. The van der Waals surface area contributed by atoms with E-state index in [-0.39, 0.29) is 5.75 Å². The maximum absolute atomic E-state index is 13.1. The fraction of sp³-hybridized carbons (Fsp3) is 0.571. The van der Waals surface area contributed by atoms with Crippen molar-refractivity contribution in [2.75, 3.05) is 26.7 Å². The van der Waals surface area contributed by atoms with Crippen LogP contribution in [0.15, 0.2) is 18.2 Å². The highest BCUT2D eigenvalue weighted by Gasteiger charge is 2.16. The molecule has 0 radical (unpaired) electrons. The van der Waals surface area contributed by atoms with Gasteiger partial charge in [0.05, 0.1) is 0 Å². The van der Waals surface area contributed by atoms with Crippen molar-refractivity contribution in [2.24, 2.45) is 5.92 Å². The second-order valence-corrected chi connectivity index (χ2v) is 5.19. The lowest BCUT2D eigenvalue weighted by molar-refractivity contribution is 0.206. The Morgan fingerprint density at radius 1 is 1.50 bits per heavy atom. The highest BCUT2D eigenvalue weighted by atomic mass is 19.1. The average Bonchev–Trinajstić information content (AvgIpc) is 2.34. The minimum Gasteiger partial charge on any atom is -0.505 e. The van der Waals surface area contributed by atoms with Crippen LogP contribution in [-0.2, 0) is 6.54 Å². The van der Waals surface area contributed by atoms with Gasteiger partial charge < -0.3 is 15.3 Å². The van der Waals surface area contributed by atoms with E-state index in [1.54, 1.807) is 6.07 Å². The zero-order valence-electron chi connectivity index (χ0n) is 10.8. The number of hydrogen-bond acceptors (Lipinski definition) is 3. The molecule has 0 saturated carbocycles. The standard InChI is InChI=1S/C14H21FN2O/c1-17-6-2-3-12(10-17)9-16-8-11-4-5-14(18)13(15)7-11/h4-5,7,12,16,18H,2-3,6,8-10H2,1H3. The van der Waals surface area contributed by atoms with Crippen LogP contribution >= 0.6 is 0 Å². The van der Waals surface area contributed by atoms with Crippen LogP contribution in [-0.4, -0.2) is 36.7 Å². The quantitative estimate of drug-likeness (QED) is 0.860. The van der Waals surface area contributed by atoms with Crippen LogP contribution in [0.2, 0.25) is 0 Å². The van der Waals surface area contributed by atoms with Gasteiger partial charge in [-0.3, -0.25) is 0 Å². The SMILES string of the molecule is CN1CCCC(CNCc2ccc(O)c(F)c2)C1. The zero-order chi connectivity index (χ0) is 13.0. The summed E-state index contributed by atoms with van der Waals surface area (Å²) in [6.07, 6.45) is 2.53. The van der Waals surface area contributed by atoms with Gasteiger partial charge in [-0.1, -0.05) is 6.07 Å². The molecule has 0 spiro atoms. The van der Waals surface area contributed by atoms with Crippen LogP contribution in [0.4, 0.5) is 4.39 Å². The summed E-state index contributed by atoms with van der Waals surface area (Å²) in [4.78, 5) is 2.36. The molecular formula is C14H21FN2O. The Hall–Kier alpha value is -1.13. The minimum absolute atomic E-state index is 0.285. The van der Waals surface area contributed by atoms with Crippen LogP contribution in [0.5, 0.6) is 5.75 Å². The summed E-state index contributed by atoms with van der Waals surface area (Å²) in [5.74, 6) is -0.148. The number of likely N-dealkylation sites (tertiary alicyclic amines) is 1. The van der Waals surface area contributed by atoms with Gasteiger partial charge in [0.25, 0.3) is 0 Å². The first-order valence-corrected chi connectivity index (χ1v) is 6.52. The molecule has 1 unspecified atom stereocenters. The number of nitrogens with one attached hydrogen (secondary N) is 1. The highest BCUT2D eigenvalue weighted by molar-refractivity contribution is 5.27. The largest absolute Gasteiger partial charge is 0.505 e. The molecule has 0 amide bonds. The summed E-state index contributed by atoms with van der Waals surface area (Å²) in [5, 5.41) is 12.5. The third kappa shape index (κ3) is 3.68. The molecular weight excluding hydrogens is 231 g/mol. The number of aromatic hydroxyl groups is 1. The summed E-state index contributed by atoms with van der Waals surface area (Å²) in [5.41, 5.74) is 0.870. The third-order valence-electron chi connectivity index (χ3n) is 3.50. The fourth-order valence-corrected chi connectivity index (χ4v) is 2.52. The molecule has 0 aromatic heterocycles. The predicted octanol–water partition coefficient (Wildman–Crippen LogP) is 1.96. The van der Waals surface area contributed by atoms with Gasteiger partial charge in [0.2, 0.25) is 0 Å². The lowest BCUT2D eigenvalue weighted by Crippen LogP contribution is -2.37. The molecule has 1 aliphatic heterocycles. The molecule has 2 rings (SSSR count). The Morgan fingerprint density at radius 3 is 3.06 bits per heavy atom. The molecule has 0 bridgehead atoms. The van der Waals surface area contributed by atoms with Crippen molar-refractivity contribution in [2.45, 2.75) is 19.4 Å². The Morgan fingerprint density at radius 2 is 2.33 bits per heavy atom. The monoisotopic (exact) mass is 252 g/mol. The maximum Gasteiger partial charge on any atom is 0.165 e. The first-order valence-electron chi connectivity index (χ1n) is 6.52. The van der Waals surface area contributed by atoms with Crippen molar-refractivity contribution in [1.82, 2.24) is 10.2 Å². The third-order valence-corrected chi connectivity index (χ3v) is 3.50. The number of benzene rings is 1. The Balaban J connectivity index is 1.76. The molecule has 1 aliphatic rings. The summed E-state index contributed by atoms with van der Waals surface area (Å²) in [6.45, 7) is 3.95. The van der Waals surface area contributed by atoms with Gasteiger partial charge in [0.1, 0.15) is 0 Å². The molecule has 3 nitrogen and oxygen atoms in total. The van der Waals surface area contributed by atoms with E-state index in [2.05, 4.69) is 17.3 Å². The van der Waals surface area contributed by atoms with Gasteiger partial charge >= 0.3 is 0 Å². The van der Waals surface area contributed by atoms with Crippen LogP contribution in [0.1, 0.15) is 18.4 Å². The first kappa shape index (κ1) is 13.3. The Labute approximate surface area is 108 Å². The van der Waals surface area contributed by atoms with E-state index < -0.39 is 5.82 Å². The van der Waals surface area contributed by atoms with Crippen molar-refractivity contribution in [1.29, 1.82) is 0 Å². The van der Waals surface area contributed by atoms with E-state index in [0.29, 0.717) is 12.5 Å². The predicted molar refractivity (Wildman–Crippen MR) is 70.0 cm³/mol. The number of phenols is 1. The van der Waals surface area contributed by atoms with Crippen LogP contribution in [0.3, 0.4) is 0 Å². The molecule has 2 N–H and O–H groups in total. The van der Waals surface area contributed by atoms with E-state index in [0.717, 1.165) is 18.7 Å².